The molecule has 0 bridgehead atoms. The maximum absolute atomic E-state index is 12.7. The van der Waals surface area contributed by atoms with E-state index >= 15 is 0 Å². The molecule has 4 nitrogen and oxygen atoms in total. The summed E-state index contributed by atoms with van der Waals surface area (Å²) in [7, 11) is 0. The minimum absolute atomic E-state index is 0.0841. The predicted molar refractivity (Wildman–Crippen MR) is 95.4 cm³/mol. The minimum Gasteiger partial charge on any atom is -0.457 e. The van der Waals surface area contributed by atoms with Crippen LogP contribution in [-0.2, 0) is 9.59 Å². The van der Waals surface area contributed by atoms with Gasteiger partial charge in [-0.15, -0.1) is 0 Å². The summed E-state index contributed by atoms with van der Waals surface area (Å²) in [5, 5.41) is 0. The van der Waals surface area contributed by atoms with E-state index in [-0.39, 0.29) is 23.7 Å². The average molecular weight is 333 g/mol. The number of benzene rings is 2. The quantitative estimate of drug-likeness (QED) is 0.620. The Bertz CT molecular complexity index is 839. The summed E-state index contributed by atoms with van der Waals surface area (Å²) in [6.45, 7) is 2.02. The zero-order chi connectivity index (χ0) is 17.4. The summed E-state index contributed by atoms with van der Waals surface area (Å²) in [6, 6.07) is 16.6. The van der Waals surface area contributed by atoms with Gasteiger partial charge in [-0.05, 0) is 56.2 Å². The molecule has 4 rings (SSSR count). The Morgan fingerprint density at radius 3 is 2.24 bits per heavy atom. The lowest BCUT2D eigenvalue weighted by molar-refractivity contribution is -0.122. The van der Waals surface area contributed by atoms with Gasteiger partial charge in [-0.25, -0.2) is 0 Å². The number of fused-ring (bicyclic) bond motifs is 1. The number of imide groups is 1. The second-order valence-electron chi connectivity index (χ2n) is 6.62. The molecule has 1 heterocycles. The molecule has 0 N–H and O–H groups in total. The molecule has 1 aliphatic carbocycles. The molecule has 0 radical (unpaired) electrons. The van der Waals surface area contributed by atoms with E-state index < -0.39 is 0 Å². The van der Waals surface area contributed by atoms with Crippen molar-refractivity contribution in [1.29, 1.82) is 0 Å². The molecular formula is C21H19NO3. The predicted octanol–water partition coefficient (Wildman–Crippen LogP) is 4.32. The number of hydrogen-bond acceptors (Lipinski definition) is 3. The van der Waals surface area contributed by atoms with E-state index in [9.17, 15) is 9.59 Å². The Kier molecular flexibility index (Phi) is 3.88. The lowest BCUT2D eigenvalue weighted by Crippen LogP contribution is -2.30. The standard InChI is InChI=1S/C21H19NO3/c1-14-7-12-18-19(13-14)21(24)22(20(18)23)15-8-10-17(11-9-15)25-16-5-3-2-4-6-16/h2-11,18-19H,12-13H2,1H3/t18-,19+/m1/s1. The van der Waals surface area contributed by atoms with Crippen LogP contribution in [0.3, 0.4) is 0 Å². The van der Waals surface area contributed by atoms with Crippen molar-refractivity contribution in [3.8, 4) is 11.5 Å². The Morgan fingerprint density at radius 2 is 1.52 bits per heavy atom. The first-order valence-electron chi connectivity index (χ1n) is 8.50. The van der Waals surface area contributed by atoms with E-state index in [0.717, 1.165) is 5.75 Å². The van der Waals surface area contributed by atoms with Crippen molar-refractivity contribution in [2.24, 2.45) is 11.8 Å². The Morgan fingerprint density at radius 1 is 0.880 bits per heavy atom. The maximum Gasteiger partial charge on any atom is 0.238 e. The van der Waals surface area contributed by atoms with Crippen LogP contribution in [0.15, 0.2) is 66.2 Å². The first-order valence-corrected chi connectivity index (χ1v) is 8.50. The number of hydrogen-bond donors (Lipinski definition) is 0. The molecule has 126 valence electrons. The summed E-state index contributed by atoms with van der Waals surface area (Å²) in [5.74, 6) is 0.823. The highest BCUT2D eigenvalue weighted by Crippen LogP contribution is 2.40. The van der Waals surface area contributed by atoms with Crippen LogP contribution in [0, 0.1) is 11.8 Å². The fraction of sp³-hybridized carbons (Fsp3) is 0.238. The third kappa shape index (κ3) is 2.84. The van der Waals surface area contributed by atoms with Gasteiger partial charge >= 0.3 is 0 Å². The van der Waals surface area contributed by atoms with Gasteiger partial charge in [0.25, 0.3) is 0 Å². The molecule has 4 heteroatoms. The normalized spacial score (nSPS) is 22.6. The number of allylic oxidation sites excluding steroid dienone is 2. The highest BCUT2D eigenvalue weighted by molar-refractivity contribution is 6.22. The SMILES string of the molecule is CC1=CC[C@H]2C(=O)N(c3ccc(Oc4ccccc4)cc3)C(=O)[C@H]2C1. The topological polar surface area (TPSA) is 46.6 Å². The number of carbonyl (C=O) groups excluding carboxylic acids is 2. The fourth-order valence-electron chi connectivity index (χ4n) is 3.58. The summed E-state index contributed by atoms with van der Waals surface area (Å²) >= 11 is 0. The van der Waals surface area contributed by atoms with E-state index in [2.05, 4.69) is 6.08 Å². The minimum atomic E-state index is -0.212. The van der Waals surface area contributed by atoms with Crippen LogP contribution in [0.25, 0.3) is 0 Å². The van der Waals surface area contributed by atoms with Crippen molar-refractivity contribution in [3.63, 3.8) is 0 Å². The van der Waals surface area contributed by atoms with Crippen molar-refractivity contribution < 1.29 is 14.3 Å². The van der Waals surface area contributed by atoms with Gasteiger partial charge in [-0.1, -0.05) is 29.8 Å². The summed E-state index contributed by atoms with van der Waals surface area (Å²) in [6.07, 6.45) is 3.42. The van der Waals surface area contributed by atoms with Crippen LogP contribution in [-0.4, -0.2) is 11.8 Å². The van der Waals surface area contributed by atoms with Crippen LogP contribution in [0.2, 0.25) is 0 Å². The maximum atomic E-state index is 12.7. The second kappa shape index (κ2) is 6.20. The highest BCUT2D eigenvalue weighted by atomic mass is 16.5. The Balaban J connectivity index is 1.54. The van der Waals surface area contributed by atoms with E-state index in [1.807, 2.05) is 37.3 Å². The van der Waals surface area contributed by atoms with Crippen LogP contribution in [0.5, 0.6) is 11.5 Å². The van der Waals surface area contributed by atoms with Crippen LogP contribution >= 0.6 is 0 Å². The van der Waals surface area contributed by atoms with Gasteiger partial charge in [0.05, 0.1) is 17.5 Å². The van der Waals surface area contributed by atoms with E-state index in [0.29, 0.717) is 24.3 Å². The number of rotatable bonds is 3. The Labute approximate surface area is 146 Å². The van der Waals surface area contributed by atoms with Gasteiger partial charge in [-0.3, -0.25) is 14.5 Å². The van der Waals surface area contributed by atoms with Crippen LogP contribution in [0.1, 0.15) is 19.8 Å². The average Bonchev–Trinajstić information content (AvgIpc) is 2.87. The molecule has 1 aliphatic heterocycles. The van der Waals surface area contributed by atoms with Gasteiger partial charge in [0.1, 0.15) is 11.5 Å². The molecule has 2 atom stereocenters. The number of carbonyl (C=O) groups is 2. The van der Waals surface area contributed by atoms with Gasteiger partial charge in [0, 0.05) is 0 Å². The third-order valence-electron chi connectivity index (χ3n) is 4.90. The molecule has 0 unspecified atom stereocenters. The first kappa shape index (κ1) is 15.6. The zero-order valence-electron chi connectivity index (χ0n) is 14.0. The highest BCUT2D eigenvalue weighted by Gasteiger charge is 2.48. The lowest BCUT2D eigenvalue weighted by Gasteiger charge is -2.18. The van der Waals surface area contributed by atoms with E-state index in [4.69, 9.17) is 4.74 Å². The van der Waals surface area contributed by atoms with Crippen molar-refractivity contribution >= 4 is 17.5 Å². The molecule has 0 spiro atoms. The van der Waals surface area contributed by atoms with Crippen LogP contribution < -0.4 is 9.64 Å². The molecule has 0 saturated carbocycles. The lowest BCUT2D eigenvalue weighted by atomic mass is 9.82. The summed E-state index contributed by atoms with van der Waals surface area (Å²) in [5.41, 5.74) is 1.80. The molecule has 2 aromatic carbocycles. The third-order valence-corrected chi connectivity index (χ3v) is 4.90. The zero-order valence-corrected chi connectivity index (χ0v) is 14.0. The number of anilines is 1. The van der Waals surface area contributed by atoms with Crippen molar-refractivity contribution in [1.82, 2.24) is 0 Å². The molecule has 2 aromatic rings. The number of para-hydroxylation sites is 1. The molecule has 2 aliphatic rings. The molecular weight excluding hydrogens is 314 g/mol. The summed E-state index contributed by atoms with van der Waals surface area (Å²) in [4.78, 5) is 26.7. The van der Waals surface area contributed by atoms with Crippen LogP contribution in [0.4, 0.5) is 5.69 Å². The fourth-order valence-corrected chi connectivity index (χ4v) is 3.58. The molecule has 0 aromatic heterocycles. The smallest absolute Gasteiger partial charge is 0.238 e. The molecule has 1 saturated heterocycles. The van der Waals surface area contributed by atoms with E-state index in [1.54, 1.807) is 24.3 Å². The van der Waals surface area contributed by atoms with Gasteiger partial charge in [0.15, 0.2) is 0 Å². The monoisotopic (exact) mass is 333 g/mol. The van der Waals surface area contributed by atoms with Gasteiger partial charge in [0.2, 0.25) is 11.8 Å². The van der Waals surface area contributed by atoms with Crippen molar-refractivity contribution in [2.45, 2.75) is 19.8 Å². The second-order valence-corrected chi connectivity index (χ2v) is 6.62. The van der Waals surface area contributed by atoms with Crippen molar-refractivity contribution in [3.05, 3.63) is 66.2 Å². The Hall–Kier alpha value is -2.88. The van der Waals surface area contributed by atoms with E-state index in [1.165, 1.54) is 10.5 Å². The molecule has 1 fully saturated rings. The molecule has 25 heavy (non-hydrogen) atoms. The molecule has 2 amide bonds. The number of ether oxygens (including phenoxy) is 1. The summed E-state index contributed by atoms with van der Waals surface area (Å²) < 4.78 is 5.76. The number of nitrogens with zero attached hydrogens (tertiary/aromatic N) is 1. The van der Waals surface area contributed by atoms with Gasteiger partial charge < -0.3 is 4.74 Å². The largest absolute Gasteiger partial charge is 0.457 e. The number of amides is 2. The van der Waals surface area contributed by atoms with Crippen molar-refractivity contribution in [2.75, 3.05) is 4.90 Å². The van der Waals surface area contributed by atoms with Gasteiger partial charge in [-0.2, -0.15) is 0 Å². The first-order chi connectivity index (χ1) is 12.1.